The highest BCUT2D eigenvalue weighted by molar-refractivity contribution is 9.10. The summed E-state index contributed by atoms with van der Waals surface area (Å²) in [5, 5.41) is 0. The van der Waals surface area contributed by atoms with Gasteiger partial charge in [0, 0.05) is 18.2 Å². The van der Waals surface area contributed by atoms with Gasteiger partial charge in [0.1, 0.15) is 20.8 Å². The number of anilines is 3. The molecule has 3 heterocycles. The first-order valence-electron chi connectivity index (χ1n) is 8.66. The number of nitrogen functional groups attached to an aromatic ring is 3. The van der Waals surface area contributed by atoms with Crippen LogP contribution in [-0.4, -0.2) is 41.1 Å². The Morgan fingerprint density at radius 1 is 0.765 bits per heavy atom. The number of methoxy groups -OCH3 is 2. The van der Waals surface area contributed by atoms with Crippen LogP contribution in [0, 0.1) is 17.5 Å². The van der Waals surface area contributed by atoms with Crippen LogP contribution in [0.25, 0.3) is 0 Å². The maximum atomic E-state index is 12.8. The van der Waals surface area contributed by atoms with Crippen LogP contribution in [0.4, 0.5) is 30.2 Å². The smallest absolute Gasteiger partial charge is 0.358 e. The van der Waals surface area contributed by atoms with Crippen molar-refractivity contribution in [1.82, 2.24) is 15.0 Å². The number of nitrogens with zero attached hydrogens (tertiary/aromatic N) is 3. The van der Waals surface area contributed by atoms with Gasteiger partial charge >= 0.3 is 11.9 Å². The third-order valence-corrected chi connectivity index (χ3v) is 4.66. The van der Waals surface area contributed by atoms with Gasteiger partial charge in [-0.25, -0.2) is 37.7 Å². The molecule has 182 valence electrons. The Hall–Kier alpha value is -3.46. The molecular weight excluding hydrogens is 593 g/mol. The van der Waals surface area contributed by atoms with Gasteiger partial charge in [-0.2, -0.15) is 0 Å². The largest absolute Gasteiger partial charge is 0.464 e. The normalized spacial score (nSPS) is 9.62. The fourth-order valence-electron chi connectivity index (χ4n) is 1.90. The van der Waals surface area contributed by atoms with Gasteiger partial charge in [0.15, 0.2) is 17.2 Å². The minimum atomic E-state index is -0.696. The van der Waals surface area contributed by atoms with E-state index in [4.69, 9.17) is 17.2 Å². The van der Waals surface area contributed by atoms with E-state index in [-0.39, 0.29) is 27.4 Å². The molecule has 3 aromatic heterocycles. The number of aromatic nitrogens is 3. The molecule has 0 aliphatic rings. The highest BCUT2D eigenvalue weighted by atomic mass is 79.9. The van der Waals surface area contributed by atoms with Crippen molar-refractivity contribution >= 4 is 60.9 Å². The second-order valence-electron chi connectivity index (χ2n) is 5.81. The summed E-state index contributed by atoms with van der Waals surface area (Å²) in [5.41, 5.74) is 16.0. The predicted octanol–water partition coefficient (Wildman–Crippen LogP) is 3.51. The summed E-state index contributed by atoms with van der Waals surface area (Å²) in [6, 6.07) is 3.22. The average molecular weight is 610 g/mol. The van der Waals surface area contributed by atoms with E-state index in [9.17, 15) is 22.8 Å². The van der Waals surface area contributed by atoms with Crippen molar-refractivity contribution in [1.29, 1.82) is 0 Å². The first-order chi connectivity index (χ1) is 15.9. The van der Waals surface area contributed by atoms with Gasteiger partial charge in [-0.1, -0.05) is 0 Å². The minimum absolute atomic E-state index is 0.0261. The molecule has 0 bridgehead atoms. The first kappa shape index (κ1) is 28.6. The van der Waals surface area contributed by atoms with Crippen LogP contribution in [0.1, 0.15) is 21.0 Å². The van der Waals surface area contributed by atoms with Crippen molar-refractivity contribution in [3.05, 3.63) is 68.6 Å². The molecule has 0 spiro atoms. The van der Waals surface area contributed by atoms with Gasteiger partial charge in [-0.15, -0.1) is 0 Å². The Labute approximate surface area is 207 Å². The molecule has 15 heteroatoms. The monoisotopic (exact) mass is 608 g/mol. The Bertz CT molecular complexity index is 1190. The van der Waals surface area contributed by atoms with Gasteiger partial charge in [-0.05, 0) is 31.9 Å². The van der Waals surface area contributed by atoms with Crippen molar-refractivity contribution in [3.63, 3.8) is 0 Å². The van der Waals surface area contributed by atoms with Crippen molar-refractivity contribution < 1.29 is 32.2 Å². The van der Waals surface area contributed by atoms with E-state index in [1.807, 2.05) is 0 Å². The third kappa shape index (κ3) is 8.47. The van der Waals surface area contributed by atoms with E-state index >= 15 is 0 Å². The van der Waals surface area contributed by atoms with Gasteiger partial charge < -0.3 is 26.7 Å². The molecule has 0 saturated heterocycles. The molecule has 0 aliphatic carbocycles. The Balaban J connectivity index is 0.000000259. The Morgan fingerprint density at radius 3 is 1.71 bits per heavy atom. The number of ether oxygens (including phenoxy) is 2. The van der Waals surface area contributed by atoms with E-state index in [0.29, 0.717) is 10.3 Å². The lowest BCUT2D eigenvalue weighted by atomic mass is 10.3. The second-order valence-corrected chi connectivity index (χ2v) is 7.31. The van der Waals surface area contributed by atoms with Crippen LogP contribution in [-0.2, 0) is 9.47 Å². The van der Waals surface area contributed by atoms with Crippen LogP contribution in [0.15, 0.2) is 39.8 Å². The molecule has 0 fully saturated rings. The molecular formula is C19H17Br2F3N6O4. The van der Waals surface area contributed by atoms with Crippen LogP contribution >= 0.6 is 31.9 Å². The molecule has 0 aliphatic heterocycles. The number of hydrogen-bond acceptors (Lipinski definition) is 10. The van der Waals surface area contributed by atoms with Crippen molar-refractivity contribution in [2.24, 2.45) is 0 Å². The summed E-state index contributed by atoms with van der Waals surface area (Å²) < 4.78 is 46.5. The molecule has 3 aromatic rings. The van der Waals surface area contributed by atoms with Gasteiger partial charge in [0.25, 0.3) is 0 Å². The number of carbonyl (C=O) groups excluding carboxylic acids is 2. The van der Waals surface area contributed by atoms with Crippen LogP contribution in [0.2, 0.25) is 0 Å². The third-order valence-electron chi connectivity index (χ3n) is 3.44. The van der Waals surface area contributed by atoms with Crippen LogP contribution in [0.3, 0.4) is 0 Å². The SMILES string of the molecule is COC(=O)c1nc(Br)c(F)cc1N.COC(=O)c1ncc(F)cc1N.Nc1cc(F)cnc1Br. The quantitative estimate of drug-likeness (QED) is 0.289. The molecule has 10 nitrogen and oxygen atoms in total. The number of carbonyl (C=O) groups is 2. The molecule has 6 N–H and O–H groups in total. The number of nitrogens with two attached hydrogens (primary N) is 3. The first-order valence-corrected chi connectivity index (χ1v) is 10.3. The van der Waals surface area contributed by atoms with E-state index in [1.54, 1.807) is 0 Å². The molecule has 0 aromatic carbocycles. The predicted molar refractivity (Wildman–Crippen MR) is 124 cm³/mol. The molecule has 3 rings (SSSR count). The minimum Gasteiger partial charge on any atom is -0.464 e. The fraction of sp³-hybridized carbons (Fsp3) is 0.105. The highest BCUT2D eigenvalue weighted by Gasteiger charge is 2.15. The maximum absolute atomic E-state index is 12.8. The zero-order chi connectivity index (χ0) is 26.0. The van der Waals surface area contributed by atoms with Crippen LogP contribution < -0.4 is 17.2 Å². The number of hydrogen-bond donors (Lipinski definition) is 3. The zero-order valence-corrected chi connectivity index (χ0v) is 20.7. The Morgan fingerprint density at radius 2 is 1.24 bits per heavy atom. The molecule has 0 unspecified atom stereocenters. The average Bonchev–Trinajstić information content (AvgIpc) is 2.79. The number of pyridine rings is 3. The summed E-state index contributed by atoms with van der Waals surface area (Å²) in [6.45, 7) is 0. The topological polar surface area (TPSA) is 169 Å². The molecule has 0 saturated carbocycles. The lowest BCUT2D eigenvalue weighted by molar-refractivity contribution is 0.0586. The van der Waals surface area contributed by atoms with Gasteiger partial charge in [0.2, 0.25) is 0 Å². The van der Waals surface area contributed by atoms with Crippen molar-refractivity contribution in [2.45, 2.75) is 0 Å². The zero-order valence-electron chi connectivity index (χ0n) is 17.5. The standard InChI is InChI=1S/C7H6BrFN2O2.C7H7FN2O2.C5H4BrFN2/c1-13-7(12)5-4(10)2-3(9)6(8)11-5;1-12-7(11)6-5(9)2-4(8)3-10-6;6-5-4(8)1-3(7)2-9-5/h2H,10H2,1H3;2-3H,9H2,1H3;1-2H,8H2. The Kier molecular flexibility index (Phi) is 11.2. The van der Waals surface area contributed by atoms with Crippen molar-refractivity contribution in [3.8, 4) is 0 Å². The van der Waals surface area contributed by atoms with E-state index in [2.05, 4.69) is 56.3 Å². The van der Waals surface area contributed by atoms with E-state index < -0.39 is 29.4 Å². The molecule has 0 atom stereocenters. The van der Waals surface area contributed by atoms with Gasteiger partial charge in [0.05, 0.1) is 43.7 Å². The summed E-state index contributed by atoms with van der Waals surface area (Å²) in [4.78, 5) is 32.5. The second kappa shape index (κ2) is 13.3. The van der Waals surface area contributed by atoms with E-state index in [0.717, 1.165) is 24.5 Å². The highest BCUT2D eigenvalue weighted by Crippen LogP contribution is 2.19. The number of halogens is 5. The summed E-state index contributed by atoms with van der Waals surface area (Å²) in [6.07, 6.45) is 2.00. The number of esters is 2. The van der Waals surface area contributed by atoms with Crippen LogP contribution in [0.5, 0.6) is 0 Å². The summed E-state index contributed by atoms with van der Waals surface area (Å²) in [7, 11) is 2.40. The lowest BCUT2D eigenvalue weighted by Gasteiger charge is -2.03. The molecule has 0 radical (unpaired) electrons. The van der Waals surface area contributed by atoms with Crippen molar-refractivity contribution in [2.75, 3.05) is 31.4 Å². The fourth-order valence-corrected chi connectivity index (χ4v) is 2.41. The molecule has 0 amide bonds. The van der Waals surface area contributed by atoms with E-state index in [1.165, 1.54) is 20.3 Å². The maximum Gasteiger partial charge on any atom is 0.358 e. The lowest BCUT2D eigenvalue weighted by Crippen LogP contribution is -2.09. The summed E-state index contributed by atoms with van der Waals surface area (Å²) in [5.74, 6) is -2.99. The van der Waals surface area contributed by atoms with Gasteiger partial charge in [-0.3, -0.25) is 0 Å². The number of rotatable bonds is 2. The summed E-state index contributed by atoms with van der Waals surface area (Å²) >= 11 is 5.85. The molecule has 34 heavy (non-hydrogen) atoms.